The molecule has 5 nitrogen and oxygen atoms in total. The molecule has 0 saturated carbocycles. The first-order valence-corrected chi connectivity index (χ1v) is 7.16. The van der Waals surface area contributed by atoms with E-state index in [2.05, 4.69) is 34.4 Å². The van der Waals surface area contributed by atoms with Crippen LogP contribution in [0.4, 0.5) is 17.5 Å². The Kier molecular flexibility index (Phi) is 4.98. The van der Waals surface area contributed by atoms with Gasteiger partial charge in [-0.15, -0.1) is 0 Å². The fourth-order valence-corrected chi connectivity index (χ4v) is 1.81. The van der Waals surface area contributed by atoms with Gasteiger partial charge in [-0.2, -0.15) is 4.98 Å². The highest BCUT2D eigenvalue weighted by Crippen LogP contribution is 2.19. The lowest BCUT2D eigenvalue weighted by atomic mass is 10.3. The van der Waals surface area contributed by atoms with Crippen LogP contribution in [0, 0.1) is 0 Å². The summed E-state index contributed by atoms with van der Waals surface area (Å²) in [5, 5.41) is 6.43. The number of anilines is 3. The van der Waals surface area contributed by atoms with Crippen molar-refractivity contribution in [3.8, 4) is 5.75 Å². The Morgan fingerprint density at radius 3 is 2.33 bits per heavy atom. The summed E-state index contributed by atoms with van der Waals surface area (Å²) in [5.41, 5.74) is 0.924. The molecule has 0 radical (unpaired) electrons. The van der Waals surface area contributed by atoms with Gasteiger partial charge in [-0.05, 0) is 58.0 Å². The molecule has 1 heterocycles. The number of nitrogens with zero attached hydrogens (tertiary/aromatic N) is 2. The third-order valence-corrected chi connectivity index (χ3v) is 2.57. The molecule has 0 bridgehead atoms. The zero-order chi connectivity index (χ0) is 15.2. The quantitative estimate of drug-likeness (QED) is 0.845. The van der Waals surface area contributed by atoms with Crippen LogP contribution in [0.2, 0.25) is 0 Å². The Labute approximate surface area is 125 Å². The Morgan fingerprint density at radius 1 is 1.00 bits per heavy atom. The SMILES string of the molecule is CC(C)Nc1ccnc(Nc2ccc(OC(C)C)cc2)n1. The average Bonchev–Trinajstić information content (AvgIpc) is 2.40. The van der Waals surface area contributed by atoms with E-state index < -0.39 is 0 Å². The molecule has 5 heteroatoms. The van der Waals surface area contributed by atoms with Gasteiger partial charge in [0.05, 0.1) is 6.10 Å². The molecule has 0 amide bonds. The normalized spacial score (nSPS) is 10.8. The summed E-state index contributed by atoms with van der Waals surface area (Å²) in [7, 11) is 0. The molecular formula is C16H22N4O. The lowest BCUT2D eigenvalue weighted by molar-refractivity contribution is 0.242. The van der Waals surface area contributed by atoms with Crippen LogP contribution >= 0.6 is 0 Å². The molecule has 0 aliphatic rings. The van der Waals surface area contributed by atoms with E-state index in [0.717, 1.165) is 17.3 Å². The summed E-state index contributed by atoms with van der Waals surface area (Å²) in [4.78, 5) is 8.63. The van der Waals surface area contributed by atoms with Crippen LogP contribution in [0.25, 0.3) is 0 Å². The minimum absolute atomic E-state index is 0.172. The smallest absolute Gasteiger partial charge is 0.229 e. The van der Waals surface area contributed by atoms with Crippen molar-refractivity contribution < 1.29 is 4.74 Å². The van der Waals surface area contributed by atoms with Crippen LogP contribution in [-0.4, -0.2) is 22.1 Å². The second-order valence-electron chi connectivity index (χ2n) is 5.38. The topological polar surface area (TPSA) is 59.1 Å². The maximum absolute atomic E-state index is 5.61. The lowest BCUT2D eigenvalue weighted by Gasteiger charge is -2.12. The van der Waals surface area contributed by atoms with Gasteiger partial charge in [0.15, 0.2) is 0 Å². The van der Waals surface area contributed by atoms with E-state index in [4.69, 9.17) is 4.74 Å². The summed E-state index contributed by atoms with van der Waals surface area (Å²) in [6, 6.07) is 9.94. The molecule has 0 unspecified atom stereocenters. The van der Waals surface area contributed by atoms with Crippen molar-refractivity contribution in [1.29, 1.82) is 0 Å². The molecule has 1 aromatic carbocycles. The standard InChI is InChI=1S/C16H22N4O/c1-11(2)18-15-9-10-17-16(20-15)19-13-5-7-14(8-6-13)21-12(3)4/h5-12H,1-4H3,(H2,17,18,19,20). The second kappa shape index (κ2) is 6.92. The number of hydrogen-bond acceptors (Lipinski definition) is 5. The number of rotatable bonds is 6. The minimum Gasteiger partial charge on any atom is -0.491 e. The minimum atomic E-state index is 0.172. The number of hydrogen-bond donors (Lipinski definition) is 2. The van der Waals surface area contributed by atoms with Gasteiger partial charge in [-0.1, -0.05) is 0 Å². The van der Waals surface area contributed by atoms with Gasteiger partial charge in [-0.3, -0.25) is 0 Å². The Hall–Kier alpha value is -2.30. The molecule has 0 spiro atoms. The number of benzene rings is 1. The fraction of sp³-hybridized carbons (Fsp3) is 0.375. The highest BCUT2D eigenvalue weighted by Gasteiger charge is 2.02. The van der Waals surface area contributed by atoms with Crippen LogP contribution in [0.3, 0.4) is 0 Å². The van der Waals surface area contributed by atoms with Crippen molar-refractivity contribution in [2.24, 2.45) is 0 Å². The zero-order valence-corrected chi connectivity index (χ0v) is 12.9. The van der Waals surface area contributed by atoms with Crippen molar-refractivity contribution >= 4 is 17.5 Å². The molecule has 2 rings (SSSR count). The molecule has 0 saturated heterocycles. The second-order valence-corrected chi connectivity index (χ2v) is 5.38. The summed E-state index contributed by atoms with van der Waals surface area (Å²) < 4.78 is 5.61. The lowest BCUT2D eigenvalue weighted by Crippen LogP contribution is -2.11. The maximum Gasteiger partial charge on any atom is 0.229 e. The van der Waals surface area contributed by atoms with Crippen molar-refractivity contribution in [3.05, 3.63) is 36.5 Å². The van der Waals surface area contributed by atoms with Crippen LogP contribution in [-0.2, 0) is 0 Å². The van der Waals surface area contributed by atoms with Gasteiger partial charge in [0, 0.05) is 17.9 Å². The van der Waals surface area contributed by atoms with E-state index in [0.29, 0.717) is 12.0 Å². The van der Waals surface area contributed by atoms with Gasteiger partial charge in [0.2, 0.25) is 5.95 Å². The molecule has 2 aromatic rings. The van der Waals surface area contributed by atoms with Gasteiger partial charge in [-0.25, -0.2) is 4.98 Å². The van der Waals surface area contributed by atoms with Crippen molar-refractivity contribution in [1.82, 2.24) is 9.97 Å². The third-order valence-electron chi connectivity index (χ3n) is 2.57. The summed E-state index contributed by atoms with van der Waals surface area (Å²) in [6.07, 6.45) is 1.90. The van der Waals surface area contributed by atoms with E-state index in [1.807, 2.05) is 44.2 Å². The van der Waals surface area contributed by atoms with E-state index >= 15 is 0 Å². The van der Waals surface area contributed by atoms with E-state index in [1.165, 1.54) is 0 Å². The molecule has 0 aliphatic heterocycles. The third kappa shape index (κ3) is 4.95. The van der Waals surface area contributed by atoms with Crippen molar-refractivity contribution in [2.75, 3.05) is 10.6 Å². The first-order chi connectivity index (χ1) is 10.0. The zero-order valence-electron chi connectivity index (χ0n) is 12.9. The van der Waals surface area contributed by atoms with Crippen molar-refractivity contribution in [3.63, 3.8) is 0 Å². The molecule has 112 valence electrons. The molecule has 0 atom stereocenters. The Balaban J connectivity index is 2.04. The highest BCUT2D eigenvalue weighted by atomic mass is 16.5. The fourth-order valence-electron chi connectivity index (χ4n) is 1.81. The van der Waals surface area contributed by atoms with Gasteiger partial charge >= 0.3 is 0 Å². The highest BCUT2D eigenvalue weighted by molar-refractivity contribution is 5.55. The van der Waals surface area contributed by atoms with E-state index in [-0.39, 0.29) is 6.10 Å². The Morgan fingerprint density at radius 2 is 1.71 bits per heavy atom. The number of aromatic nitrogens is 2. The van der Waals surface area contributed by atoms with E-state index in [1.54, 1.807) is 6.20 Å². The van der Waals surface area contributed by atoms with Gasteiger partial charge in [0.25, 0.3) is 0 Å². The predicted octanol–water partition coefficient (Wildman–Crippen LogP) is 3.83. The Bertz CT molecular complexity index is 567. The van der Waals surface area contributed by atoms with Crippen molar-refractivity contribution in [2.45, 2.75) is 39.8 Å². The van der Waals surface area contributed by atoms with Crippen LogP contribution in [0.1, 0.15) is 27.7 Å². The predicted molar refractivity (Wildman–Crippen MR) is 86.3 cm³/mol. The molecule has 2 N–H and O–H groups in total. The average molecular weight is 286 g/mol. The molecule has 1 aromatic heterocycles. The molecule has 21 heavy (non-hydrogen) atoms. The summed E-state index contributed by atoms with van der Waals surface area (Å²) >= 11 is 0. The number of ether oxygens (including phenoxy) is 1. The first-order valence-electron chi connectivity index (χ1n) is 7.16. The van der Waals surface area contributed by atoms with Crippen LogP contribution in [0.15, 0.2) is 36.5 Å². The summed E-state index contributed by atoms with van der Waals surface area (Å²) in [6.45, 7) is 8.16. The molecular weight excluding hydrogens is 264 g/mol. The van der Waals surface area contributed by atoms with Crippen LogP contribution < -0.4 is 15.4 Å². The molecule has 0 aliphatic carbocycles. The largest absolute Gasteiger partial charge is 0.491 e. The maximum atomic E-state index is 5.61. The number of nitrogens with one attached hydrogen (secondary N) is 2. The van der Waals surface area contributed by atoms with Gasteiger partial charge in [0.1, 0.15) is 11.6 Å². The molecule has 0 fully saturated rings. The monoisotopic (exact) mass is 286 g/mol. The summed E-state index contributed by atoms with van der Waals surface area (Å²) in [5.74, 6) is 2.23. The van der Waals surface area contributed by atoms with Gasteiger partial charge < -0.3 is 15.4 Å². The van der Waals surface area contributed by atoms with Crippen LogP contribution in [0.5, 0.6) is 5.75 Å². The van der Waals surface area contributed by atoms with E-state index in [9.17, 15) is 0 Å². The first kappa shape index (κ1) is 15.1.